The number of morpholine rings is 1. The van der Waals surface area contributed by atoms with E-state index in [2.05, 4.69) is 25.1 Å². The van der Waals surface area contributed by atoms with Crippen LogP contribution in [0.2, 0.25) is 0 Å². The van der Waals surface area contributed by atoms with E-state index in [1.165, 1.54) is 18.3 Å². The molecule has 1 aromatic carbocycles. The van der Waals surface area contributed by atoms with Crippen molar-refractivity contribution < 1.29 is 27.6 Å². The van der Waals surface area contributed by atoms with E-state index in [-0.39, 0.29) is 11.3 Å². The standard InChI is InChI=1S/C21H22F3N5O3/c22-21(23,24)20(30)15-2-1-3-25-18(15)14-8-16-19(27-32-26-16)17(9-14)29-11-13(12-29)10-28-4-6-31-7-5-28/h1-3,8-9,13,20,30H,4-7,10-12H2. The lowest BCUT2D eigenvalue weighted by Gasteiger charge is -2.43. The zero-order valence-electron chi connectivity index (χ0n) is 17.1. The molecule has 2 aliphatic rings. The average molecular weight is 449 g/mol. The second kappa shape index (κ2) is 8.30. The Balaban J connectivity index is 1.43. The summed E-state index contributed by atoms with van der Waals surface area (Å²) in [5, 5.41) is 17.7. The summed E-state index contributed by atoms with van der Waals surface area (Å²) in [7, 11) is 0. The van der Waals surface area contributed by atoms with Crippen molar-refractivity contribution in [3.63, 3.8) is 0 Å². The highest BCUT2D eigenvalue weighted by Crippen LogP contribution is 2.40. The average Bonchev–Trinajstić information content (AvgIpc) is 3.24. The van der Waals surface area contributed by atoms with E-state index in [1.54, 1.807) is 12.1 Å². The number of hydrogen-bond acceptors (Lipinski definition) is 8. The van der Waals surface area contributed by atoms with Gasteiger partial charge < -0.3 is 14.7 Å². The number of aliphatic hydroxyl groups is 1. The molecule has 4 heterocycles. The van der Waals surface area contributed by atoms with E-state index >= 15 is 0 Å². The third kappa shape index (κ3) is 4.03. The maximum atomic E-state index is 13.2. The second-order valence-corrected chi connectivity index (χ2v) is 8.20. The van der Waals surface area contributed by atoms with Gasteiger partial charge in [0.25, 0.3) is 0 Å². The van der Waals surface area contributed by atoms with Crippen molar-refractivity contribution in [3.8, 4) is 11.3 Å². The summed E-state index contributed by atoms with van der Waals surface area (Å²) in [6.07, 6.45) is -6.04. The fraction of sp³-hybridized carbons (Fsp3) is 0.476. The number of alkyl halides is 3. The van der Waals surface area contributed by atoms with E-state index in [4.69, 9.17) is 9.37 Å². The number of pyridine rings is 1. The minimum atomic E-state index is -4.80. The molecule has 0 aliphatic carbocycles. The summed E-state index contributed by atoms with van der Waals surface area (Å²) in [6, 6.07) is 5.92. The fourth-order valence-corrected chi connectivity index (χ4v) is 4.34. The number of rotatable bonds is 5. The molecule has 0 radical (unpaired) electrons. The quantitative estimate of drug-likeness (QED) is 0.636. The second-order valence-electron chi connectivity index (χ2n) is 8.20. The zero-order valence-corrected chi connectivity index (χ0v) is 17.1. The topological polar surface area (TPSA) is 87.8 Å². The highest BCUT2D eigenvalue weighted by molar-refractivity contribution is 5.93. The lowest BCUT2D eigenvalue weighted by Crippen LogP contribution is -2.53. The molecular weight excluding hydrogens is 427 g/mol. The van der Waals surface area contributed by atoms with Gasteiger partial charge in [-0.05, 0) is 28.5 Å². The molecular formula is C21H22F3N5O3. The van der Waals surface area contributed by atoms with E-state index in [1.807, 2.05) is 0 Å². The first kappa shape index (κ1) is 21.1. The molecule has 2 aromatic heterocycles. The van der Waals surface area contributed by atoms with Crippen LogP contribution in [0.25, 0.3) is 22.3 Å². The van der Waals surface area contributed by atoms with Crippen molar-refractivity contribution in [2.24, 2.45) is 5.92 Å². The van der Waals surface area contributed by atoms with Crippen molar-refractivity contribution in [3.05, 3.63) is 36.0 Å². The van der Waals surface area contributed by atoms with Crippen LogP contribution < -0.4 is 4.90 Å². The number of aliphatic hydroxyl groups excluding tert-OH is 1. The van der Waals surface area contributed by atoms with Gasteiger partial charge >= 0.3 is 6.18 Å². The Hall–Kier alpha value is -2.76. The smallest absolute Gasteiger partial charge is 0.379 e. The van der Waals surface area contributed by atoms with E-state index < -0.39 is 12.3 Å². The first-order valence-electron chi connectivity index (χ1n) is 10.4. The SMILES string of the molecule is OC(c1cccnc1-c1cc(N2CC(CN3CCOCC3)C2)c2nonc2c1)C(F)(F)F. The van der Waals surface area contributed by atoms with E-state index in [9.17, 15) is 18.3 Å². The molecule has 5 rings (SSSR count). The summed E-state index contributed by atoms with van der Waals surface area (Å²) in [5.74, 6) is 0.476. The summed E-state index contributed by atoms with van der Waals surface area (Å²) in [6.45, 7) is 5.91. The molecule has 1 unspecified atom stereocenters. The summed E-state index contributed by atoms with van der Waals surface area (Å²) >= 11 is 0. The number of benzene rings is 1. The van der Waals surface area contributed by atoms with Gasteiger partial charge in [0.2, 0.25) is 0 Å². The van der Waals surface area contributed by atoms with Gasteiger partial charge in [0.05, 0.1) is 24.6 Å². The van der Waals surface area contributed by atoms with Gasteiger partial charge in [-0.25, -0.2) is 4.63 Å². The van der Waals surface area contributed by atoms with Gasteiger partial charge in [0.1, 0.15) is 5.52 Å². The first-order valence-corrected chi connectivity index (χ1v) is 10.4. The monoisotopic (exact) mass is 449 g/mol. The minimum Gasteiger partial charge on any atom is -0.379 e. The van der Waals surface area contributed by atoms with Crippen molar-refractivity contribution in [1.29, 1.82) is 0 Å². The maximum Gasteiger partial charge on any atom is 0.418 e. The molecule has 1 atom stereocenters. The molecule has 11 heteroatoms. The zero-order chi connectivity index (χ0) is 22.3. The van der Waals surface area contributed by atoms with Crippen molar-refractivity contribution in [1.82, 2.24) is 20.2 Å². The molecule has 3 aromatic rings. The number of anilines is 1. The Morgan fingerprint density at radius 3 is 2.69 bits per heavy atom. The van der Waals surface area contributed by atoms with Crippen molar-refractivity contribution in [2.45, 2.75) is 12.3 Å². The molecule has 2 aliphatic heterocycles. The Labute approximate surface area is 181 Å². The van der Waals surface area contributed by atoms with E-state index in [0.29, 0.717) is 22.5 Å². The van der Waals surface area contributed by atoms with Crippen LogP contribution in [0.5, 0.6) is 0 Å². The van der Waals surface area contributed by atoms with Gasteiger partial charge in [-0.2, -0.15) is 13.2 Å². The summed E-state index contributed by atoms with van der Waals surface area (Å²) in [5.41, 5.74) is 1.86. The number of nitrogens with zero attached hydrogens (tertiary/aromatic N) is 5. The molecule has 1 N–H and O–H groups in total. The van der Waals surface area contributed by atoms with Gasteiger partial charge in [-0.15, -0.1) is 0 Å². The Bertz CT molecular complexity index is 1090. The van der Waals surface area contributed by atoms with Gasteiger partial charge in [-0.1, -0.05) is 6.07 Å². The Kier molecular flexibility index (Phi) is 5.48. The first-order chi connectivity index (χ1) is 15.4. The lowest BCUT2D eigenvalue weighted by atomic mass is 9.95. The van der Waals surface area contributed by atoms with Crippen LogP contribution >= 0.6 is 0 Å². The van der Waals surface area contributed by atoms with Crippen molar-refractivity contribution in [2.75, 3.05) is 50.8 Å². The van der Waals surface area contributed by atoms with Gasteiger partial charge in [0, 0.05) is 56.0 Å². The molecule has 0 amide bonds. The summed E-state index contributed by atoms with van der Waals surface area (Å²) in [4.78, 5) is 8.63. The van der Waals surface area contributed by atoms with Crippen LogP contribution in [-0.2, 0) is 4.74 Å². The number of fused-ring (bicyclic) bond motifs is 1. The van der Waals surface area contributed by atoms with Crippen LogP contribution in [0.4, 0.5) is 18.9 Å². The van der Waals surface area contributed by atoms with Gasteiger partial charge in [-0.3, -0.25) is 9.88 Å². The molecule has 170 valence electrons. The van der Waals surface area contributed by atoms with E-state index in [0.717, 1.165) is 51.6 Å². The van der Waals surface area contributed by atoms with Crippen LogP contribution in [0, 0.1) is 5.92 Å². The number of ether oxygens (including phenoxy) is 1. The number of aromatic nitrogens is 3. The molecule has 2 saturated heterocycles. The predicted molar refractivity (Wildman–Crippen MR) is 109 cm³/mol. The summed E-state index contributed by atoms with van der Waals surface area (Å²) < 4.78 is 49.9. The highest BCUT2D eigenvalue weighted by atomic mass is 19.4. The molecule has 0 bridgehead atoms. The highest BCUT2D eigenvalue weighted by Gasteiger charge is 2.41. The molecule has 2 fully saturated rings. The van der Waals surface area contributed by atoms with Crippen LogP contribution in [-0.4, -0.2) is 77.4 Å². The van der Waals surface area contributed by atoms with Gasteiger partial charge in [0.15, 0.2) is 11.6 Å². The molecule has 0 saturated carbocycles. The van der Waals surface area contributed by atoms with Crippen LogP contribution in [0.3, 0.4) is 0 Å². The van der Waals surface area contributed by atoms with Crippen molar-refractivity contribution >= 4 is 16.7 Å². The largest absolute Gasteiger partial charge is 0.418 e. The maximum absolute atomic E-state index is 13.2. The van der Waals surface area contributed by atoms with Crippen LogP contribution in [0.15, 0.2) is 35.1 Å². The normalized spacial score (nSPS) is 19.3. The molecule has 0 spiro atoms. The lowest BCUT2D eigenvalue weighted by molar-refractivity contribution is -0.206. The van der Waals surface area contributed by atoms with Crippen LogP contribution in [0.1, 0.15) is 11.7 Å². The third-order valence-corrected chi connectivity index (χ3v) is 5.98. The molecule has 8 nitrogen and oxygen atoms in total. The Morgan fingerprint density at radius 1 is 1.16 bits per heavy atom. The minimum absolute atomic E-state index is 0.0499. The third-order valence-electron chi connectivity index (χ3n) is 5.98. The number of hydrogen-bond donors (Lipinski definition) is 1. The number of halogens is 3. The fourth-order valence-electron chi connectivity index (χ4n) is 4.34. The molecule has 32 heavy (non-hydrogen) atoms. The Morgan fingerprint density at radius 2 is 1.94 bits per heavy atom. The predicted octanol–water partition coefficient (Wildman–Crippen LogP) is 2.65.